The van der Waals surface area contributed by atoms with Gasteiger partial charge >= 0.3 is 0 Å². The van der Waals surface area contributed by atoms with E-state index in [0.29, 0.717) is 17.3 Å². The van der Waals surface area contributed by atoms with Gasteiger partial charge in [-0.2, -0.15) is 0 Å². The third kappa shape index (κ3) is 4.17. The predicted molar refractivity (Wildman–Crippen MR) is 116 cm³/mol. The molecule has 2 aromatic rings. The number of carbonyl (C=O) groups is 1. The molecule has 28 heavy (non-hydrogen) atoms. The zero-order valence-electron chi connectivity index (χ0n) is 16.6. The second-order valence-corrected chi connectivity index (χ2v) is 7.18. The molecule has 1 aliphatic rings. The summed E-state index contributed by atoms with van der Waals surface area (Å²) in [6, 6.07) is 13.3. The fraction of sp³-hybridized carbons (Fsp3) is 0.273. The molecule has 2 aromatic carbocycles. The van der Waals surface area contributed by atoms with E-state index in [9.17, 15) is 4.79 Å². The summed E-state index contributed by atoms with van der Waals surface area (Å²) in [5.41, 5.74) is 5.29. The monoisotopic (exact) mass is 395 g/mol. The average molecular weight is 396 g/mol. The van der Waals surface area contributed by atoms with Crippen molar-refractivity contribution in [2.24, 2.45) is 0 Å². The first-order valence-electron chi connectivity index (χ1n) is 9.29. The number of hydrogen-bond donors (Lipinski definition) is 3. The molecule has 0 aromatic heterocycles. The summed E-state index contributed by atoms with van der Waals surface area (Å²) < 4.78 is 5.52. The molecule has 0 spiro atoms. The Hall–Kier alpha value is -2.86. The van der Waals surface area contributed by atoms with Crippen LogP contribution >= 0.6 is 12.2 Å². The minimum absolute atomic E-state index is 0.160. The van der Waals surface area contributed by atoms with Crippen LogP contribution in [0.15, 0.2) is 53.7 Å². The Balaban J connectivity index is 1.93. The molecule has 3 N–H and O–H groups in total. The molecule has 1 atom stereocenters. The maximum Gasteiger partial charge on any atom is 0.255 e. The van der Waals surface area contributed by atoms with Crippen molar-refractivity contribution >= 4 is 28.9 Å². The number of nitrogens with one attached hydrogen (secondary N) is 3. The summed E-state index contributed by atoms with van der Waals surface area (Å²) >= 11 is 5.32. The highest BCUT2D eigenvalue weighted by Crippen LogP contribution is 2.29. The molecular weight excluding hydrogens is 370 g/mol. The van der Waals surface area contributed by atoms with Crippen molar-refractivity contribution in [3.63, 3.8) is 0 Å². The van der Waals surface area contributed by atoms with E-state index < -0.39 is 0 Å². The van der Waals surface area contributed by atoms with Crippen LogP contribution in [0.25, 0.3) is 0 Å². The van der Waals surface area contributed by atoms with Crippen molar-refractivity contribution in [3.8, 4) is 5.75 Å². The van der Waals surface area contributed by atoms with Gasteiger partial charge in [0.25, 0.3) is 5.91 Å². The molecule has 1 amide bonds. The van der Waals surface area contributed by atoms with Crippen LogP contribution in [-0.4, -0.2) is 17.6 Å². The van der Waals surface area contributed by atoms with Crippen LogP contribution in [0.2, 0.25) is 0 Å². The minimum Gasteiger partial charge on any atom is -0.494 e. The lowest BCUT2D eigenvalue weighted by Gasteiger charge is -2.30. The first-order valence-corrected chi connectivity index (χ1v) is 9.70. The van der Waals surface area contributed by atoms with Crippen LogP contribution in [0.5, 0.6) is 5.75 Å². The second-order valence-electron chi connectivity index (χ2n) is 6.77. The molecule has 0 radical (unpaired) electrons. The molecule has 5 nitrogen and oxygen atoms in total. The molecule has 0 saturated heterocycles. The largest absolute Gasteiger partial charge is 0.494 e. The van der Waals surface area contributed by atoms with E-state index in [4.69, 9.17) is 17.0 Å². The van der Waals surface area contributed by atoms with Crippen LogP contribution in [0.4, 0.5) is 5.69 Å². The van der Waals surface area contributed by atoms with Crippen LogP contribution < -0.4 is 20.7 Å². The molecule has 0 unspecified atom stereocenters. The molecule has 0 fully saturated rings. The summed E-state index contributed by atoms with van der Waals surface area (Å²) in [6.45, 7) is 8.45. The lowest BCUT2D eigenvalue weighted by Crippen LogP contribution is -2.45. The Kier molecular flexibility index (Phi) is 5.99. The molecule has 146 valence electrons. The van der Waals surface area contributed by atoms with Gasteiger partial charge in [0, 0.05) is 11.4 Å². The number of carbonyl (C=O) groups excluding carboxylic acids is 1. The molecule has 1 heterocycles. The Morgan fingerprint density at radius 2 is 1.86 bits per heavy atom. The molecule has 0 saturated carbocycles. The van der Waals surface area contributed by atoms with Gasteiger partial charge in [-0.05, 0) is 74.8 Å². The third-order valence-corrected chi connectivity index (χ3v) is 5.11. The Morgan fingerprint density at radius 1 is 1.14 bits per heavy atom. The Morgan fingerprint density at radius 3 is 2.54 bits per heavy atom. The van der Waals surface area contributed by atoms with Crippen molar-refractivity contribution in [2.75, 3.05) is 11.9 Å². The zero-order valence-corrected chi connectivity index (χ0v) is 17.4. The summed E-state index contributed by atoms with van der Waals surface area (Å²) in [7, 11) is 0. The number of thiocarbonyl (C=S) groups is 1. The van der Waals surface area contributed by atoms with Gasteiger partial charge in [-0.15, -0.1) is 0 Å². The fourth-order valence-corrected chi connectivity index (χ4v) is 3.52. The first kappa shape index (κ1) is 19.9. The van der Waals surface area contributed by atoms with Crippen molar-refractivity contribution in [3.05, 3.63) is 70.4 Å². The number of rotatable bonds is 5. The Bertz CT molecular complexity index is 935. The first-order chi connectivity index (χ1) is 13.4. The highest BCUT2D eigenvalue weighted by Gasteiger charge is 2.30. The van der Waals surface area contributed by atoms with E-state index in [2.05, 4.69) is 16.0 Å². The fourth-order valence-electron chi connectivity index (χ4n) is 3.24. The van der Waals surface area contributed by atoms with E-state index in [1.54, 1.807) is 0 Å². The van der Waals surface area contributed by atoms with E-state index in [0.717, 1.165) is 33.8 Å². The highest BCUT2D eigenvalue weighted by atomic mass is 32.1. The summed E-state index contributed by atoms with van der Waals surface area (Å²) in [4.78, 5) is 13.2. The summed E-state index contributed by atoms with van der Waals surface area (Å²) in [6.07, 6.45) is 0. The third-order valence-electron chi connectivity index (χ3n) is 4.89. The van der Waals surface area contributed by atoms with Gasteiger partial charge in [0.1, 0.15) is 5.75 Å². The van der Waals surface area contributed by atoms with Gasteiger partial charge in [-0.3, -0.25) is 4.79 Å². The van der Waals surface area contributed by atoms with E-state index in [1.165, 1.54) is 0 Å². The molecular formula is C22H25N3O2S. The lowest BCUT2D eigenvalue weighted by atomic mass is 9.94. The van der Waals surface area contributed by atoms with E-state index in [1.807, 2.05) is 70.2 Å². The molecule has 6 heteroatoms. The van der Waals surface area contributed by atoms with Crippen molar-refractivity contribution in [1.29, 1.82) is 0 Å². The average Bonchev–Trinajstić information content (AvgIpc) is 2.65. The predicted octanol–water partition coefficient (Wildman–Crippen LogP) is 4.13. The van der Waals surface area contributed by atoms with Crippen molar-refractivity contribution in [2.45, 2.75) is 33.7 Å². The Labute approximate surface area is 171 Å². The maximum absolute atomic E-state index is 13.2. The number of benzene rings is 2. The van der Waals surface area contributed by atoms with Crippen LogP contribution in [0, 0.1) is 13.8 Å². The number of amides is 1. The number of ether oxygens (including phenoxy) is 1. The SMILES string of the molecule is CCOc1ccc([C@@H]2NC(=S)NC(C)=C2C(=O)Nc2cccc(C)c2C)cc1. The van der Waals surface area contributed by atoms with Crippen LogP contribution in [0.3, 0.4) is 0 Å². The molecule has 0 aliphatic carbocycles. The maximum atomic E-state index is 13.2. The van der Waals surface area contributed by atoms with Gasteiger partial charge in [-0.25, -0.2) is 0 Å². The van der Waals surface area contributed by atoms with Gasteiger partial charge in [-0.1, -0.05) is 24.3 Å². The normalized spacial score (nSPS) is 16.3. The number of hydrogen-bond acceptors (Lipinski definition) is 3. The standard InChI is InChI=1S/C22H25N3O2S/c1-5-27-17-11-9-16(10-12-17)20-19(15(4)23-22(28)25-20)21(26)24-18-8-6-7-13(2)14(18)3/h6-12,20H,5H2,1-4H3,(H,24,26)(H2,23,25,28)/t20-/m0/s1. The number of anilines is 1. The quantitative estimate of drug-likeness (QED) is 0.665. The van der Waals surface area contributed by atoms with Crippen LogP contribution in [0.1, 0.15) is 36.6 Å². The van der Waals surface area contributed by atoms with Crippen molar-refractivity contribution in [1.82, 2.24) is 10.6 Å². The topological polar surface area (TPSA) is 62.4 Å². The van der Waals surface area contributed by atoms with E-state index in [-0.39, 0.29) is 11.9 Å². The van der Waals surface area contributed by atoms with Crippen LogP contribution in [-0.2, 0) is 4.79 Å². The summed E-state index contributed by atoms with van der Waals surface area (Å²) in [5, 5.41) is 9.84. The highest BCUT2D eigenvalue weighted by molar-refractivity contribution is 7.80. The lowest BCUT2D eigenvalue weighted by molar-refractivity contribution is -0.113. The van der Waals surface area contributed by atoms with Gasteiger partial charge in [0.2, 0.25) is 0 Å². The summed E-state index contributed by atoms with van der Waals surface area (Å²) in [5.74, 6) is 0.637. The smallest absolute Gasteiger partial charge is 0.255 e. The van der Waals surface area contributed by atoms with Gasteiger partial charge in [0.15, 0.2) is 5.11 Å². The molecule has 0 bridgehead atoms. The van der Waals surface area contributed by atoms with Gasteiger partial charge in [0.05, 0.1) is 18.2 Å². The second kappa shape index (κ2) is 8.44. The van der Waals surface area contributed by atoms with Gasteiger partial charge < -0.3 is 20.7 Å². The zero-order chi connectivity index (χ0) is 20.3. The number of allylic oxidation sites excluding steroid dienone is 1. The number of aryl methyl sites for hydroxylation is 1. The van der Waals surface area contributed by atoms with E-state index >= 15 is 0 Å². The molecule has 3 rings (SSSR count). The molecule has 1 aliphatic heterocycles. The minimum atomic E-state index is -0.338. The van der Waals surface area contributed by atoms with Crippen molar-refractivity contribution < 1.29 is 9.53 Å².